The Hall–Kier alpha value is -3.17. The molecule has 1 N–H and O–H groups in total. The summed E-state index contributed by atoms with van der Waals surface area (Å²) in [6, 6.07) is 8.10. The number of imide groups is 1. The molecule has 5 rings (SSSR count). The first-order valence-electron chi connectivity index (χ1n) is 16.1. The minimum absolute atomic E-state index is 0.0593. The number of unbranched alkanes of at least 4 members (excludes halogenated alkanes) is 1. The monoisotopic (exact) mass is 626 g/mol. The number of likely N-dealkylation sites (tertiary alicyclic amines) is 1. The predicted molar refractivity (Wildman–Crippen MR) is 168 cm³/mol. The number of methoxy groups -OCH3 is 1. The molecule has 1 unspecified atom stereocenters. The number of ether oxygens (including phenoxy) is 3. The van der Waals surface area contributed by atoms with Crippen LogP contribution in [-0.4, -0.2) is 65.5 Å². The zero-order valence-electron chi connectivity index (χ0n) is 25.8. The Balaban J connectivity index is 1.35. The summed E-state index contributed by atoms with van der Waals surface area (Å²) in [5.41, 5.74) is 0.748. The second kappa shape index (κ2) is 14.3. The molecule has 0 radical (unpaired) electrons. The smallest absolute Gasteiger partial charge is 0.481 e. The zero-order chi connectivity index (χ0) is 31.3. The molecule has 3 aliphatic rings. The highest BCUT2D eigenvalue weighted by Gasteiger charge is 2.61. The number of alkyl carbamates (subject to hydrolysis) is 1. The van der Waals surface area contributed by atoms with Crippen LogP contribution < -0.4 is 10.1 Å². The molecule has 0 spiro atoms. The first kappa shape index (κ1) is 32.2. The van der Waals surface area contributed by atoms with E-state index in [1.165, 1.54) is 7.11 Å². The van der Waals surface area contributed by atoms with Crippen molar-refractivity contribution < 1.29 is 33.1 Å². The van der Waals surface area contributed by atoms with Gasteiger partial charge >= 0.3 is 18.1 Å². The van der Waals surface area contributed by atoms with Crippen LogP contribution in [0.25, 0.3) is 10.9 Å². The number of benzene rings is 1. The van der Waals surface area contributed by atoms with Crippen molar-refractivity contribution in [1.29, 1.82) is 0 Å². The van der Waals surface area contributed by atoms with E-state index in [9.17, 15) is 14.4 Å². The van der Waals surface area contributed by atoms with Crippen LogP contribution in [0.1, 0.15) is 77.6 Å². The lowest BCUT2D eigenvalue weighted by Gasteiger charge is -2.35. The number of rotatable bonds is 10. The van der Waals surface area contributed by atoms with Crippen LogP contribution in [0, 0.1) is 11.8 Å². The lowest BCUT2D eigenvalue weighted by molar-refractivity contribution is -0.794. The van der Waals surface area contributed by atoms with Gasteiger partial charge in [-0.05, 0) is 82.3 Å². The minimum atomic E-state index is -0.878. The summed E-state index contributed by atoms with van der Waals surface area (Å²) in [6.45, 7) is 5.72. The zero-order valence-corrected chi connectivity index (χ0v) is 26.6. The van der Waals surface area contributed by atoms with Crippen molar-refractivity contribution in [2.24, 2.45) is 11.8 Å². The standard InChI is InChI=1S/C34H44ClN3O6/c1-4-5-6-12-23-16-11-18-28(23)44-33(40)37-30(24-13-7-8-14-24)32(39)38(34(41)42-3)21-26(19-22(38)2)43-29-20-25-15-9-10-17-27(25)36-31(29)35/h4,9-10,15,17,20,22-24,26,28,30H,1,5-8,11-14,16,18-19,21H2,2-3H3/p+1/t22-,23-,26-,28-,30+,38?/m1/s1. The Morgan fingerprint density at radius 1 is 1.16 bits per heavy atom. The molecule has 1 saturated heterocycles. The maximum absolute atomic E-state index is 14.6. The Labute approximate surface area is 264 Å². The van der Waals surface area contributed by atoms with Crippen LogP contribution in [0.15, 0.2) is 43.0 Å². The van der Waals surface area contributed by atoms with Gasteiger partial charge in [0, 0.05) is 11.8 Å². The first-order valence-corrected chi connectivity index (χ1v) is 16.4. The quantitative estimate of drug-likeness (QED) is 0.127. The van der Waals surface area contributed by atoms with E-state index in [0.29, 0.717) is 18.1 Å². The number of quaternary nitrogens is 1. The summed E-state index contributed by atoms with van der Waals surface area (Å²) < 4.78 is 17.0. The number of amides is 3. The number of allylic oxidation sites excluding steroid dienone is 1. The van der Waals surface area contributed by atoms with Crippen molar-refractivity contribution in [2.45, 2.75) is 102 Å². The van der Waals surface area contributed by atoms with Crippen molar-refractivity contribution >= 4 is 40.6 Å². The van der Waals surface area contributed by atoms with E-state index in [1.54, 1.807) is 0 Å². The maximum Gasteiger partial charge on any atom is 0.523 e. The summed E-state index contributed by atoms with van der Waals surface area (Å²) in [7, 11) is 1.29. The van der Waals surface area contributed by atoms with Gasteiger partial charge in [0.2, 0.25) is 0 Å². The third-order valence-corrected chi connectivity index (χ3v) is 10.2. The SMILES string of the molecule is C=CCCC[C@@H]1CCC[C@H]1OC(=O)N[C@H](C(=O)[N+]1(C(=O)OC)C[C@H](Oc2cc3ccccc3nc2Cl)C[C@H]1C)C1CCCC1. The van der Waals surface area contributed by atoms with Gasteiger partial charge in [-0.3, -0.25) is 0 Å². The molecule has 2 aliphatic carbocycles. The number of para-hydroxylation sites is 1. The number of pyridine rings is 1. The van der Waals surface area contributed by atoms with Crippen LogP contribution >= 0.6 is 11.6 Å². The Kier molecular flexibility index (Phi) is 10.5. The van der Waals surface area contributed by atoms with Crippen LogP contribution in [-0.2, 0) is 14.3 Å². The van der Waals surface area contributed by atoms with Gasteiger partial charge in [-0.15, -0.1) is 6.58 Å². The van der Waals surface area contributed by atoms with Crippen LogP contribution in [0.3, 0.4) is 0 Å². The molecule has 3 amide bonds. The average molecular weight is 627 g/mol. The second-order valence-corrected chi connectivity index (χ2v) is 13.0. The van der Waals surface area contributed by atoms with Crippen LogP contribution in [0.4, 0.5) is 9.59 Å². The number of hydrogen-bond donors (Lipinski definition) is 1. The van der Waals surface area contributed by atoms with Crippen molar-refractivity contribution in [3.8, 4) is 5.75 Å². The van der Waals surface area contributed by atoms with E-state index in [1.807, 2.05) is 43.3 Å². The summed E-state index contributed by atoms with van der Waals surface area (Å²) in [5, 5.41) is 4.03. The fourth-order valence-electron chi connectivity index (χ4n) is 7.60. The lowest BCUT2D eigenvalue weighted by atomic mass is 9.95. The highest BCUT2D eigenvalue weighted by atomic mass is 35.5. The Bertz CT molecular complexity index is 1360. The fourth-order valence-corrected chi connectivity index (χ4v) is 7.79. The minimum Gasteiger partial charge on any atom is -0.481 e. The third kappa shape index (κ3) is 6.74. The van der Waals surface area contributed by atoms with Crippen molar-refractivity contribution in [2.75, 3.05) is 13.7 Å². The van der Waals surface area contributed by atoms with Gasteiger partial charge in [0.15, 0.2) is 23.0 Å². The molecule has 1 aromatic heterocycles. The van der Waals surface area contributed by atoms with E-state index >= 15 is 0 Å². The second-order valence-electron chi connectivity index (χ2n) is 12.7. The predicted octanol–water partition coefficient (Wildman–Crippen LogP) is 7.35. The van der Waals surface area contributed by atoms with E-state index in [-0.39, 0.29) is 29.6 Å². The normalized spacial score (nSPS) is 27.6. The summed E-state index contributed by atoms with van der Waals surface area (Å²) >= 11 is 6.49. The number of carbonyl (C=O) groups excluding carboxylic acids is 3. The maximum atomic E-state index is 14.6. The highest BCUT2D eigenvalue weighted by molar-refractivity contribution is 6.31. The Morgan fingerprint density at radius 2 is 1.93 bits per heavy atom. The van der Waals surface area contributed by atoms with E-state index in [4.69, 9.17) is 25.8 Å². The Morgan fingerprint density at radius 3 is 2.68 bits per heavy atom. The number of carbonyl (C=O) groups is 3. The van der Waals surface area contributed by atoms with Gasteiger partial charge < -0.3 is 19.5 Å². The highest BCUT2D eigenvalue weighted by Crippen LogP contribution is 2.38. The van der Waals surface area contributed by atoms with Crippen molar-refractivity contribution in [3.63, 3.8) is 0 Å². The molecule has 44 heavy (non-hydrogen) atoms. The lowest BCUT2D eigenvalue weighted by Crippen LogP contribution is -2.66. The topological polar surface area (TPSA) is 104 Å². The van der Waals surface area contributed by atoms with E-state index < -0.39 is 34.9 Å². The fraction of sp³-hybridized carbons (Fsp3) is 0.588. The molecule has 0 bridgehead atoms. The number of nitrogens with one attached hydrogen (secondary N) is 1. The van der Waals surface area contributed by atoms with Gasteiger partial charge in [-0.25, -0.2) is 14.6 Å². The summed E-state index contributed by atoms with van der Waals surface area (Å²) in [5.74, 6) is 0.236. The van der Waals surface area contributed by atoms with E-state index in [2.05, 4.69) is 16.9 Å². The van der Waals surface area contributed by atoms with Gasteiger partial charge in [0.1, 0.15) is 18.7 Å². The largest absolute Gasteiger partial charge is 0.523 e. The number of hydrogen-bond acceptors (Lipinski definition) is 7. The number of nitrogens with zero attached hydrogens (tertiary/aromatic N) is 2. The molecule has 238 valence electrons. The molecule has 10 heteroatoms. The molecule has 3 fully saturated rings. The first-order chi connectivity index (χ1) is 21.3. The van der Waals surface area contributed by atoms with Gasteiger partial charge in [-0.1, -0.05) is 48.7 Å². The third-order valence-electron chi connectivity index (χ3n) is 9.92. The van der Waals surface area contributed by atoms with Gasteiger partial charge in [0.25, 0.3) is 0 Å². The molecule has 6 atom stereocenters. The van der Waals surface area contributed by atoms with Gasteiger partial charge in [0.05, 0.1) is 12.6 Å². The number of aromatic nitrogens is 1. The summed E-state index contributed by atoms with van der Waals surface area (Å²) in [4.78, 5) is 46.0. The number of fused-ring (bicyclic) bond motifs is 1. The molecule has 1 aliphatic heterocycles. The molecule has 1 aromatic carbocycles. The molecule has 2 saturated carbocycles. The average Bonchev–Trinajstić information content (AvgIpc) is 3.77. The molecular formula is C34H45ClN3O6+. The van der Waals surface area contributed by atoms with Crippen molar-refractivity contribution in [3.05, 3.63) is 48.1 Å². The van der Waals surface area contributed by atoms with E-state index in [0.717, 1.165) is 75.1 Å². The van der Waals surface area contributed by atoms with Gasteiger partial charge in [-0.2, -0.15) is 9.28 Å². The molecular weight excluding hydrogens is 582 g/mol. The van der Waals surface area contributed by atoms with Crippen molar-refractivity contribution in [1.82, 2.24) is 10.3 Å². The molecule has 9 nitrogen and oxygen atoms in total. The van der Waals surface area contributed by atoms with Crippen LogP contribution in [0.2, 0.25) is 5.15 Å². The summed E-state index contributed by atoms with van der Waals surface area (Å²) in [6.07, 6.45) is 9.70. The van der Waals surface area contributed by atoms with Crippen LogP contribution in [0.5, 0.6) is 5.75 Å². The number of halogens is 1. The molecule has 2 heterocycles. The molecule has 2 aromatic rings.